The van der Waals surface area contributed by atoms with Crippen LogP contribution < -0.4 is 0 Å². The van der Waals surface area contributed by atoms with E-state index >= 15 is 0 Å². The average molecular weight is 213 g/mol. The Morgan fingerprint density at radius 1 is 1.12 bits per heavy atom. The summed E-state index contributed by atoms with van der Waals surface area (Å²) in [5, 5.41) is 6.88. The molecule has 0 saturated heterocycles. The molecule has 0 radical (unpaired) electrons. The van der Waals surface area contributed by atoms with Gasteiger partial charge in [0.15, 0.2) is 0 Å². The van der Waals surface area contributed by atoms with Gasteiger partial charge in [0.05, 0.1) is 11.7 Å². The second-order valence-electron chi connectivity index (χ2n) is 4.49. The van der Waals surface area contributed by atoms with Crippen molar-refractivity contribution in [1.29, 1.82) is 0 Å². The normalized spacial score (nSPS) is 12.0. The van der Waals surface area contributed by atoms with Gasteiger partial charge in [0.25, 0.3) is 0 Å². The van der Waals surface area contributed by atoms with Crippen molar-refractivity contribution < 1.29 is 0 Å². The average Bonchev–Trinajstić information content (AvgIpc) is 2.77. The quantitative estimate of drug-likeness (QED) is 0.609. The Morgan fingerprint density at radius 3 is 2.62 bits per heavy atom. The summed E-state index contributed by atoms with van der Waals surface area (Å²) in [5.41, 5.74) is 2.50. The third-order valence-electron chi connectivity index (χ3n) is 3.11. The Balaban J connectivity index is 2.60. The summed E-state index contributed by atoms with van der Waals surface area (Å²) >= 11 is 0. The topological polar surface area (TPSA) is 22.8 Å². The number of rotatable bonds is 1. The number of nitrogens with zero attached hydrogens (tertiary/aromatic N) is 3. The zero-order chi connectivity index (χ0) is 11.3. The van der Waals surface area contributed by atoms with Crippen LogP contribution in [-0.4, -0.2) is 14.3 Å². The van der Waals surface area contributed by atoms with Gasteiger partial charge in [-0.05, 0) is 19.9 Å². The number of hydrogen-bond acceptors (Lipinski definition) is 1. The lowest BCUT2D eigenvalue weighted by atomic mass is 10.2. The van der Waals surface area contributed by atoms with Gasteiger partial charge in [0.1, 0.15) is 5.65 Å². The molecule has 2 heterocycles. The molecule has 3 heteroatoms. The molecule has 2 aromatic heterocycles. The number of aryl methyl sites for hydroxylation is 1. The van der Waals surface area contributed by atoms with Gasteiger partial charge in [-0.15, -0.1) is 0 Å². The highest BCUT2D eigenvalue weighted by Gasteiger charge is 2.15. The number of benzene rings is 1. The van der Waals surface area contributed by atoms with E-state index in [1.165, 1.54) is 21.9 Å². The highest BCUT2D eigenvalue weighted by atomic mass is 15.3. The summed E-state index contributed by atoms with van der Waals surface area (Å²) in [6, 6.07) is 8.96. The molecule has 3 rings (SSSR count). The molecule has 82 valence electrons. The fourth-order valence-corrected chi connectivity index (χ4v) is 2.46. The van der Waals surface area contributed by atoms with Crippen LogP contribution in [0.1, 0.15) is 19.9 Å². The van der Waals surface area contributed by atoms with Crippen LogP contribution in [0.5, 0.6) is 0 Å². The first-order valence-corrected chi connectivity index (χ1v) is 5.61. The molecule has 0 unspecified atom stereocenters. The Labute approximate surface area is 94.3 Å². The van der Waals surface area contributed by atoms with Crippen molar-refractivity contribution in [1.82, 2.24) is 14.3 Å². The molecule has 0 amide bonds. The van der Waals surface area contributed by atoms with E-state index in [0.717, 1.165) is 0 Å². The minimum atomic E-state index is 0.442. The fourth-order valence-electron chi connectivity index (χ4n) is 2.46. The molecule has 0 fully saturated rings. The maximum atomic E-state index is 4.34. The molecular formula is C13H15N3. The number of hydrogen-bond donors (Lipinski definition) is 0. The molecule has 0 bridgehead atoms. The second-order valence-corrected chi connectivity index (χ2v) is 4.49. The van der Waals surface area contributed by atoms with E-state index in [4.69, 9.17) is 0 Å². The van der Waals surface area contributed by atoms with Crippen molar-refractivity contribution in [2.24, 2.45) is 7.05 Å². The monoisotopic (exact) mass is 213 g/mol. The Bertz CT molecular complexity index is 658. The van der Waals surface area contributed by atoms with Gasteiger partial charge in [-0.3, -0.25) is 4.68 Å². The molecule has 0 saturated carbocycles. The van der Waals surface area contributed by atoms with Crippen molar-refractivity contribution in [2.45, 2.75) is 19.9 Å². The minimum absolute atomic E-state index is 0.442. The lowest BCUT2D eigenvalue weighted by Crippen LogP contribution is -2.04. The van der Waals surface area contributed by atoms with Gasteiger partial charge in [-0.1, -0.05) is 18.2 Å². The van der Waals surface area contributed by atoms with Gasteiger partial charge >= 0.3 is 0 Å². The Hall–Kier alpha value is -1.77. The summed E-state index contributed by atoms with van der Waals surface area (Å²) in [7, 11) is 2.00. The largest absolute Gasteiger partial charge is 0.323 e. The molecule has 0 spiro atoms. The van der Waals surface area contributed by atoms with Crippen LogP contribution in [-0.2, 0) is 7.05 Å². The number of para-hydroxylation sites is 1. The molecule has 3 aromatic rings. The van der Waals surface area contributed by atoms with Crippen LogP contribution in [0.4, 0.5) is 0 Å². The molecule has 0 aliphatic carbocycles. The summed E-state index contributed by atoms with van der Waals surface area (Å²) < 4.78 is 4.30. The van der Waals surface area contributed by atoms with Crippen LogP contribution in [0.25, 0.3) is 21.9 Å². The maximum Gasteiger partial charge on any atom is 0.139 e. The lowest BCUT2D eigenvalue weighted by molar-refractivity contribution is 0.618. The zero-order valence-electron chi connectivity index (χ0n) is 9.81. The van der Waals surface area contributed by atoms with E-state index < -0.39 is 0 Å². The van der Waals surface area contributed by atoms with E-state index in [1.54, 1.807) is 0 Å². The minimum Gasteiger partial charge on any atom is -0.323 e. The molecule has 3 nitrogen and oxygen atoms in total. The van der Waals surface area contributed by atoms with Crippen LogP contribution in [0.2, 0.25) is 0 Å². The first-order chi connectivity index (χ1) is 7.70. The predicted octanol–water partition coefficient (Wildman–Crippen LogP) is 3.11. The third-order valence-corrected chi connectivity index (χ3v) is 3.11. The molecule has 0 N–H and O–H groups in total. The number of fused-ring (bicyclic) bond motifs is 3. The van der Waals surface area contributed by atoms with Crippen LogP contribution in [0, 0.1) is 0 Å². The third kappa shape index (κ3) is 1.06. The van der Waals surface area contributed by atoms with Gasteiger partial charge in [-0.25, -0.2) is 0 Å². The van der Waals surface area contributed by atoms with E-state index in [2.05, 4.69) is 47.8 Å². The first-order valence-electron chi connectivity index (χ1n) is 5.61. The van der Waals surface area contributed by atoms with Crippen molar-refractivity contribution in [3.8, 4) is 0 Å². The van der Waals surface area contributed by atoms with Crippen molar-refractivity contribution in [3.63, 3.8) is 0 Å². The van der Waals surface area contributed by atoms with E-state index in [1.807, 2.05) is 17.9 Å². The maximum absolute atomic E-state index is 4.34. The second kappa shape index (κ2) is 3.11. The molecular weight excluding hydrogens is 198 g/mol. The van der Waals surface area contributed by atoms with Gasteiger partial charge in [0, 0.05) is 23.9 Å². The first kappa shape index (κ1) is 9.46. The van der Waals surface area contributed by atoms with E-state index in [9.17, 15) is 0 Å². The Kier molecular flexibility index (Phi) is 1.84. The van der Waals surface area contributed by atoms with Crippen LogP contribution in [0.15, 0.2) is 30.5 Å². The number of aromatic nitrogens is 3. The predicted molar refractivity (Wildman–Crippen MR) is 66.6 cm³/mol. The fraction of sp³-hybridized carbons (Fsp3) is 0.308. The highest BCUT2D eigenvalue weighted by molar-refractivity contribution is 6.06. The van der Waals surface area contributed by atoms with E-state index in [-0.39, 0.29) is 0 Å². The van der Waals surface area contributed by atoms with Crippen molar-refractivity contribution >= 4 is 21.9 Å². The Morgan fingerprint density at radius 2 is 1.88 bits per heavy atom. The molecule has 0 aliphatic rings. The van der Waals surface area contributed by atoms with Gasteiger partial charge in [0.2, 0.25) is 0 Å². The summed E-state index contributed by atoms with van der Waals surface area (Å²) in [6.07, 6.45) is 1.95. The molecule has 0 atom stereocenters. The van der Waals surface area contributed by atoms with Gasteiger partial charge in [-0.2, -0.15) is 5.10 Å². The lowest BCUT2D eigenvalue weighted by Gasteiger charge is -2.11. The highest BCUT2D eigenvalue weighted by Crippen LogP contribution is 2.30. The SMILES string of the molecule is CC(C)n1c2ccccc2c2cnn(C)c21. The smallest absolute Gasteiger partial charge is 0.139 e. The molecule has 1 aromatic carbocycles. The van der Waals surface area contributed by atoms with Crippen molar-refractivity contribution in [2.75, 3.05) is 0 Å². The van der Waals surface area contributed by atoms with Crippen LogP contribution in [0.3, 0.4) is 0 Å². The van der Waals surface area contributed by atoms with Crippen molar-refractivity contribution in [3.05, 3.63) is 30.5 Å². The van der Waals surface area contributed by atoms with Gasteiger partial charge < -0.3 is 4.57 Å². The molecule has 0 aliphatic heterocycles. The molecule has 16 heavy (non-hydrogen) atoms. The van der Waals surface area contributed by atoms with Crippen LogP contribution >= 0.6 is 0 Å². The van der Waals surface area contributed by atoms with E-state index in [0.29, 0.717) is 6.04 Å². The standard InChI is InChI=1S/C13H15N3/c1-9(2)16-12-7-5-4-6-10(12)11-8-14-15(3)13(11)16/h4-9H,1-3H3. The zero-order valence-corrected chi connectivity index (χ0v) is 9.81. The summed E-state index contributed by atoms with van der Waals surface area (Å²) in [6.45, 7) is 4.41. The summed E-state index contributed by atoms with van der Waals surface area (Å²) in [4.78, 5) is 0. The summed E-state index contributed by atoms with van der Waals surface area (Å²) in [5.74, 6) is 0.